The summed E-state index contributed by atoms with van der Waals surface area (Å²) in [6, 6.07) is -1.21. The topological polar surface area (TPSA) is 119 Å². The molecule has 0 rings (SSSR count). The number of carboxylic acids is 1. The quantitative estimate of drug-likeness (QED) is 0.521. The maximum Gasteiger partial charge on any atom is 0.370 e. The van der Waals surface area contributed by atoms with Gasteiger partial charge in [-0.05, 0) is 32.5 Å². The highest BCUT2D eigenvalue weighted by Crippen LogP contribution is 2.21. The standard InChI is InChI=1S/C15H25NO7S/c1-8(2)12(22-13(20)15(4,5)6)23-14(21)24-7-10(11(18)19)16-9(3)17/h8,10,12H,7H2,1-6H3,(H,16,17)(H,18,19)/t10-,12+/m0/s1. The van der Waals surface area contributed by atoms with Crippen LogP contribution < -0.4 is 5.32 Å². The van der Waals surface area contributed by atoms with Gasteiger partial charge in [0.2, 0.25) is 5.91 Å². The van der Waals surface area contributed by atoms with Crippen molar-refractivity contribution in [2.24, 2.45) is 11.3 Å². The van der Waals surface area contributed by atoms with Gasteiger partial charge in [0.05, 0.1) is 5.41 Å². The van der Waals surface area contributed by atoms with Gasteiger partial charge >= 0.3 is 17.2 Å². The van der Waals surface area contributed by atoms with E-state index in [0.29, 0.717) is 11.8 Å². The van der Waals surface area contributed by atoms with Crippen molar-refractivity contribution in [3.63, 3.8) is 0 Å². The van der Waals surface area contributed by atoms with E-state index >= 15 is 0 Å². The van der Waals surface area contributed by atoms with E-state index in [1.807, 2.05) is 0 Å². The van der Waals surface area contributed by atoms with Crippen LogP contribution in [0.5, 0.6) is 0 Å². The molecule has 0 spiro atoms. The highest BCUT2D eigenvalue weighted by Gasteiger charge is 2.30. The van der Waals surface area contributed by atoms with Crippen LogP contribution in [-0.4, -0.2) is 46.3 Å². The number of carboxylic acid groups (broad SMARTS) is 1. The smallest absolute Gasteiger partial charge is 0.370 e. The van der Waals surface area contributed by atoms with Gasteiger partial charge in [-0.3, -0.25) is 9.59 Å². The summed E-state index contributed by atoms with van der Waals surface area (Å²) in [4.78, 5) is 45.7. The first-order chi connectivity index (χ1) is 10.8. The summed E-state index contributed by atoms with van der Waals surface area (Å²) in [6.45, 7) is 9.64. The van der Waals surface area contributed by atoms with Crippen molar-refractivity contribution in [1.29, 1.82) is 0 Å². The first kappa shape index (κ1) is 22.2. The fourth-order valence-corrected chi connectivity index (χ4v) is 1.97. The lowest BCUT2D eigenvalue weighted by atomic mass is 9.97. The molecule has 2 atom stereocenters. The molecule has 138 valence electrons. The number of ether oxygens (including phenoxy) is 2. The predicted molar refractivity (Wildman–Crippen MR) is 88.4 cm³/mol. The minimum atomic E-state index is -1.26. The Kier molecular flexibility index (Phi) is 8.81. The van der Waals surface area contributed by atoms with E-state index in [1.54, 1.807) is 34.6 Å². The van der Waals surface area contributed by atoms with Gasteiger partial charge in [0, 0.05) is 18.6 Å². The van der Waals surface area contributed by atoms with Crippen LogP contribution in [0.2, 0.25) is 0 Å². The Bertz CT molecular complexity index is 485. The number of esters is 1. The van der Waals surface area contributed by atoms with Crippen LogP contribution in [0.4, 0.5) is 4.79 Å². The number of hydrogen-bond donors (Lipinski definition) is 2. The molecular weight excluding hydrogens is 338 g/mol. The molecule has 8 nitrogen and oxygen atoms in total. The summed E-state index contributed by atoms with van der Waals surface area (Å²) in [5, 5.41) is 10.4. The Morgan fingerprint density at radius 2 is 1.67 bits per heavy atom. The molecule has 0 aliphatic rings. The van der Waals surface area contributed by atoms with Crippen molar-refractivity contribution in [1.82, 2.24) is 5.32 Å². The predicted octanol–water partition coefficient (Wildman–Crippen LogP) is 2.02. The third-order valence-corrected chi connectivity index (χ3v) is 3.47. The molecular formula is C15H25NO7S. The number of carbonyl (C=O) groups is 4. The van der Waals surface area contributed by atoms with Crippen LogP contribution >= 0.6 is 11.8 Å². The van der Waals surface area contributed by atoms with Crippen molar-refractivity contribution in [3.05, 3.63) is 0 Å². The van der Waals surface area contributed by atoms with Gasteiger partial charge in [-0.15, -0.1) is 0 Å². The first-order valence-electron chi connectivity index (χ1n) is 7.39. The van der Waals surface area contributed by atoms with Crippen molar-refractivity contribution < 1.29 is 33.8 Å². The normalized spacial score (nSPS) is 13.8. The minimum Gasteiger partial charge on any atom is -0.480 e. The number of rotatable bonds is 7. The summed E-state index contributed by atoms with van der Waals surface area (Å²) in [5.74, 6) is -2.76. The van der Waals surface area contributed by atoms with Gasteiger partial charge in [0.1, 0.15) is 6.04 Å². The Labute approximate surface area is 145 Å². The van der Waals surface area contributed by atoms with E-state index in [-0.39, 0.29) is 11.7 Å². The molecule has 0 aromatic heterocycles. The van der Waals surface area contributed by atoms with Crippen LogP contribution in [0.15, 0.2) is 0 Å². The van der Waals surface area contributed by atoms with E-state index in [9.17, 15) is 19.2 Å². The molecule has 0 aliphatic carbocycles. The van der Waals surface area contributed by atoms with Crippen LogP contribution in [0, 0.1) is 11.3 Å². The maximum atomic E-state index is 11.9. The minimum absolute atomic E-state index is 0.203. The van der Waals surface area contributed by atoms with E-state index < -0.39 is 40.9 Å². The molecule has 0 saturated heterocycles. The second-order valence-electron chi connectivity index (χ2n) is 6.54. The fraction of sp³-hybridized carbons (Fsp3) is 0.733. The molecule has 0 aromatic rings. The zero-order valence-corrected chi connectivity index (χ0v) is 15.6. The van der Waals surface area contributed by atoms with Crippen molar-refractivity contribution >= 4 is 34.9 Å². The van der Waals surface area contributed by atoms with E-state index in [0.717, 1.165) is 0 Å². The lowest BCUT2D eigenvalue weighted by Gasteiger charge is -2.25. The highest BCUT2D eigenvalue weighted by atomic mass is 32.2. The molecule has 0 unspecified atom stereocenters. The van der Waals surface area contributed by atoms with Crippen LogP contribution in [0.1, 0.15) is 41.5 Å². The molecule has 0 aromatic carbocycles. The molecule has 0 bridgehead atoms. The summed E-state index contributed by atoms with van der Waals surface area (Å²) in [7, 11) is 0. The number of nitrogens with one attached hydrogen (secondary N) is 1. The van der Waals surface area contributed by atoms with Gasteiger partial charge in [0.25, 0.3) is 6.29 Å². The molecule has 0 aliphatic heterocycles. The third-order valence-electron chi connectivity index (χ3n) is 2.64. The zero-order valence-electron chi connectivity index (χ0n) is 14.7. The lowest BCUT2D eigenvalue weighted by Crippen LogP contribution is -2.41. The van der Waals surface area contributed by atoms with Gasteiger partial charge < -0.3 is 19.9 Å². The third kappa shape index (κ3) is 8.76. The molecule has 0 heterocycles. The molecule has 24 heavy (non-hydrogen) atoms. The second-order valence-corrected chi connectivity index (χ2v) is 7.49. The summed E-state index contributed by atoms with van der Waals surface area (Å²) < 4.78 is 10.3. The molecule has 0 fully saturated rings. The highest BCUT2D eigenvalue weighted by molar-refractivity contribution is 8.13. The van der Waals surface area contributed by atoms with Crippen molar-refractivity contribution in [2.45, 2.75) is 53.9 Å². The van der Waals surface area contributed by atoms with Crippen LogP contribution in [0.3, 0.4) is 0 Å². The Morgan fingerprint density at radius 3 is 2.04 bits per heavy atom. The lowest BCUT2D eigenvalue weighted by molar-refractivity contribution is -0.182. The van der Waals surface area contributed by atoms with Crippen LogP contribution in [-0.2, 0) is 23.9 Å². The first-order valence-corrected chi connectivity index (χ1v) is 8.37. The Morgan fingerprint density at radius 1 is 1.12 bits per heavy atom. The van der Waals surface area contributed by atoms with E-state index in [1.165, 1.54) is 6.92 Å². The number of thioether (sulfide) groups is 1. The van der Waals surface area contributed by atoms with Gasteiger partial charge in [-0.2, -0.15) is 0 Å². The van der Waals surface area contributed by atoms with Gasteiger partial charge in [-0.25, -0.2) is 9.59 Å². The van der Waals surface area contributed by atoms with E-state index in [4.69, 9.17) is 14.6 Å². The molecule has 9 heteroatoms. The monoisotopic (exact) mass is 363 g/mol. The molecule has 0 radical (unpaired) electrons. The average molecular weight is 363 g/mol. The maximum absolute atomic E-state index is 11.9. The van der Waals surface area contributed by atoms with Gasteiger partial charge in [0.15, 0.2) is 0 Å². The molecule has 0 saturated carbocycles. The summed E-state index contributed by atoms with van der Waals surface area (Å²) in [5.41, 5.74) is -0.744. The Balaban J connectivity index is 4.65. The Hall–Kier alpha value is -1.77. The number of hydrogen-bond acceptors (Lipinski definition) is 7. The largest absolute Gasteiger partial charge is 0.480 e. The number of carbonyl (C=O) groups excluding carboxylic acids is 3. The average Bonchev–Trinajstić information content (AvgIpc) is 2.40. The van der Waals surface area contributed by atoms with E-state index in [2.05, 4.69) is 5.32 Å². The number of amides is 1. The van der Waals surface area contributed by atoms with Crippen LogP contribution in [0.25, 0.3) is 0 Å². The molecule has 1 amide bonds. The van der Waals surface area contributed by atoms with Crippen molar-refractivity contribution in [3.8, 4) is 0 Å². The van der Waals surface area contributed by atoms with Crippen molar-refractivity contribution in [2.75, 3.05) is 5.75 Å². The van der Waals surface area contributed by atoms with Gasteiger partial charge in [-0.1, -0.05) is 13.8 Å². The summed E-state index contributed by atoms with van der Waals surface area (Å²) >= 11 is 0.587. The molecule has 2 N–H and O–H groups in total. The second kappa shape index (κ2) is 9.51. The zero-order chi connectivity index (χ0) is 19.1. The number of aliphatic carboxylic acids is 1. The fourth-order valence-electron chi connectivity index (χ4n) is 1.28. The SMILES string of the molecule is CC(=O)N[C@@H](CSC(=O)O[C@@H](OC(=O)C(C)(C)C)C(C)C)C(=O)O. The summed E-state index contributed by atoms with van der Waals surface area (Å²) in [6.07, 6.45) is -1.07.